The molecule has 0 aromatic heterocycles. The van der Waals surface area contributed by atoms with Crippen molar-refractivity contribution in [2.75, 3.05) is 20.6 Å². The Hall–Kier alpha value is -1.80. The summed E-state index contributed by atoms with van der Waals surface area (Å²) < 4.78 is 5.84. The molecular formula is C19H25NO. The smallest absolute Gasteiger partial charge is 0.119 e. The van der Waals surface area contributed by atoms with Crippen LogP contribution in [0.2, 0.25) is 0 Å². The SMILES string of the molecule is Cc1cccc(COc2ccc(CCCN(C)C)cc2)c1. The first-order chi connectivity index (χ1) is 10.1. The molecule has 0 saturated heterocycles. The number of ether oxygens (including phenoxy) is 1. The average Bonchev–Trinajstić information content (AvgIpc) is 2.46. The third-order valence-corrected chi connectivity index (χ3v) is 3.48. The van der Waals surface area contributed by atoms with Crippen LogP contribution in [0, 0.1) is 6.92 Å². The molecule has 0 aliphatic heterocycles. The van der Waals surface area contributed by atoms with E-state index in [4.69, 9.17) is 4.74 Å². The first-order valence-corrected chi connectivity index (χ1v) is 7.55. The predicted octanol–water partition coefficient (Wildman–Crippen LogP) is 4.07. The minimum Gasteiger partial charge on any atom is -0.489 e. The summed E-state index contributed by atoms with van der Waals surface area (Å²) in [5.74, 6) is 0.938. The minimum absolute atomic E-state index is 0.627. The molecule has 2 aromatic carbocycles. The van der Waals surface area contributed by atoms with Crippen molar-refractivity contribution < 1.29 is 4.74 Å². The van der Waals surface area contributed by atoms with Gasteiger partial charge in [0.25, 0.3) is 0 Å². The Morgan fingerprint density at radius 2 is 1.71 bits per heavy atom. The fourth-order valence-corrected chi connectivity index (χ4v) is 2.32. The summed E-state index contributed by atoms with van der Waals surface area (Å²) in [6, 6.07) is 16.9. The molecule has 0 amide bonds. The third kappa shape index (κ3) is 5.60. The molecule has 2 nitrogen and oxygen atoms in total. The van der Waals surface area contributed by atoms with E-state index < -0.39 is 0 Å². The number of benzene rings is 2. The number of aryl methyl sites for hydroxylation is 2. The Balaban J connectivity index is 1.82. The van der Waals surface area contributed by atoms with Crippen LogP contribution in [0.5, 0.6) is 5.75 Å². The van der Waals surface area contributed by atoms with Crippen molar-refractivity contribution in [1.29, 1.82) is 0 Å². The van der Waals surface area contributed by atoms with Crippen LogP contribution in [0.25, 0.3) is 0 Å². The lowest BCUT2D eigenvalue weighted by Crippen LogP contribution is -2.13. The molecule has 2 rings (SSSR count). The summed E-state index contributed by atoms with van der Waals surface area (Å²) >= 11 is 0. The first kappa shape index (κ1) is 15.6. The third-order valence-electron chi connectivity index (χ3n) is 3.48. The van der Waals surface area contributed by atoms with Crippen molar-refractivity contribution in [3.8, 4) is 5.75 Å². The standard InChI is InChI=1S/C19H25NO/c1-16-6-4-7-18(14-16)15-21-19-11-9-17(10-12-19)8-5-13-20(2)3/h4,6-7,9-12,14H,5,8,13,15H2,1-3H3. The van der Waals surface area contributed by atoms with Crippen LogP contribution in [0.1, 0.15) is 23.1 Å². The van der Waals surface area contributed by atoms with Gasteiger partial charge in [-0.1, -0.05) is 42.0 Å². The summed E-state index contributed by atoms with van der Waals surface area (Å²) in [5, 5.41) is 0. The maximum atomic E-state index is 5.84. The van der Waals surface area contributed by atoms with Gasteiger partial charge in [0.15, 0.2) is 0 Å². The monoisotopic (exact) mass is 283 g/mol. The Labute approximate surface area is 128 Å². The van der Waals surface area contributed by atoms with Crippen molar-refractivity contribution >= 4 is 0 Å². The van der Waals surface area contributed by atoms with E-state index in [1.165, 1.54) is 23.1 Å². The summed E-state index contributed by atoms with van der Waals surface area (Å²) in [4.78, 5) is 2.22. The molecule has 0 atom stereocenters. The Kier molecular flexibility index (Phi) is 5.82. The van der Waals surface area contributed by atoms with Gasteiger partial charge >= 0.3 is 0 Å². The molecule has 0 N–H and O–H groups in total. The molecule has 0 aliphatic carbocycles. The lowest BCUT2D eigenvalue weighted by molar-refractivity contribution is 0.306. The van der Waals surface area contributed by atoms with Crippen LogP contribution in [0.3, 0.4) is 0 Å². The van der Waals surface area contributed by atoms with Crippen LogP contribution in [-0.4, -0.2) is 25.5 Å². The van der Waals surface area contributed by atoms with Crippen LogP contribution < -0.4 is 4.74 Å². The van der Waals surface area contributed by atoms with Crippen molar-refractivity contribution in [2.45, 2.75) is 26.4 Å². The van der Waals surface area contributed by atoms with Crippen LogP contribution in [-0.2, 0) is 13.0 Å². The highest BCUT2D eigenvalue weighted by atomic mass is 16.5. The Morgan fingerprint density at radius 1 is 0.952 bits per heavy atom. The van der Waals surface area contributed by atoms with Gasteiger partial charge in [-0.25, -0.2) is 0 Å². The quantitative estimate of drug-likeness (QED) is 0.759. The zero-order chi connectivity index (χ0) is 15.1. The van der Waals surface area contributed by atoms with Crippen molar-refractivity contribution in [3.63, 3.8) is 0 Å². The molecule has 0 heterocycles. The Bertz CT molecular complexity index is 546. The van der Waals surface area contributed by atoms with E-state index >= 15 is 0 Å². The Morgan fingerprint density at radius 3 is 2.38 bits per heavy atom. The van der Waals surface area contributed by atoms with Gasteiger partial charge in [0, 0.05) is 0 Å². The summed E-state index contributed by atoms with van der Waals surface area (Å²) in [7, 11) is 4.23. The van der Waals surface area contributed by atoms with Crippen LogP contribution >= 0.6 is 0 Å². The molecule has 0 aliphatic rings. The van der Waals surface area contributed by atoms with Gasteiger partial charge in [-0.05, 0) is 63.7 Å². The van der Waals surface area contributed by atoms with Gasteiger partial charge in [0.05, 0.1) is 0 Å². The lowest BCUT2D eigenvalue weighted by Gasteiger charge is -2.10. The normalized spacial score (nSPS) is 10.9. The summed E-state index contributed by atoms with van der Waals surface area (Å²) in [6.07, 6.45) is 2.31. The number of hydrogen-bond donors (Lipinski definition) is 0. The van der Waals surface area contributed by atoms with Crippen molar-refractivity contribution in [3.05, 3.63) is 65.2 Å². The second-order valence-electron chi connectivity index (χ2n) is 5.83. The summed E-state index contributed by atoms with van der Waals surface area (Å²) in [6.45, 7) is 3.86. The van der Waals surface area contributed by atoms with Gasteiger partial charge in [-0.15, -0.1) is 0 Å². The fourth-order valence-electron chi connectivity index (χ4n) is 2.32. The predicted molar refractivity (Wildman–Crippen MR) is 88.8 cm³/mol. The van der Waals surface area contributed by atoms with Crippen molar-refractivity contribution in [1.82, 2.24) is 4.90 Å². The first-order valence-electron chi connectivity index (χ1n) is 7.55. The van der Waals surface area contributed by atoms with E-state index in [9.17, 15) is 0 Å². The second-order valence-corrected chi connectivity index (χ2v) is 5.83. The number of rotatable bonds is 7. The average molecular weight is 283 g/mol. The zero-order valence-electron chi connectivity index (χ0n) is 13.3. The van der Waals surface area contributed by atoms with E-state index in [1.807, 2.05) is 0 Å². The molecule has 0 unspecified atom stereocenters. The molecule has 112 valence electrons. The minimum atomic E-state index is 0.627. The van der Waals surface area contributed by atoms with Crippen LogP contribution in [0.4, 0.5) is 0 Å². The van der Waals surface area contributed by atoms with Gasteiger partial charge in [-0.3, -0.25) is 0 Å². The largest absolute Gasteiger partial charge is 0.489 e. The molecule has 0 fully saturated rings. The maximum Gasteiger partial charge on any atom is 0.119 e. The molecule has 21 heavy (non-hydrogen) atoms. The van der Waals surface area contributed by atoms with E-state index in [-0.39, 0.29) is 0 Å². The summed E-state index contributed by atoms with van der Waals surface area (Å²) in [5.41, 5.74) is 3.86. The van der Waals surface area contributed by atoms with Gasteiger partial charge in [0.2, 0.25) is 0 Å². The van der Waals surface area contributed by atoms with Gasteiger partial charge in [-0.2, -0.15) is 0 Å². The number of hydrogen-bond acceptors (Lipinski definition) is 2. The second kappa shape index (κ2) is 7.84. The molecule has 2 heteroatoms. The van der Waals surface area contributed by atoms with Crippen LogP contribution in [0.15, 0.2) is 48.5 Å². The van der Waals surface area contributed by atoms with Gasteiger partial charge < -0.3 is 9.64 Å². The zero-order valence-corrected chi connectivity index (χ0v) is 13.3. The van der Waals surface area contributed by atoms with E-state index in [0.717, 1.165) is 18.7 Å². The van der Waals surface area contributed by atoms with Gasteiger partial charge in [0.1, 0.15) is 12.4 Å². The van der Waals surface area contributed by atoms with E-state index in [1.54, 1.807) is 0 Å². The highest BCUT2D eigenvalue weighted by Crippen LogP contribution is 2.15. The topological polar surface area (TPSA) is 12.5 Å². The number of nitrogens with zero attached hydrogens (tertiary/aromatic N) is 1. The van der Waals surface area contributed by atoms with E-state index in [0.29, 0.717) is 6.61 Å². The lowest BCUT2D eigenvalue weighted by atomic mass is 10.1. The van der Waals surface area contributed by atoms with E-state index in [2.05, 4.69) is 74.4 Å². The molecule has 0 saturated carbocycles. The highest BCUT2D eigenvalue weighted by molar-refractivity contribution is 5.28. The highest BCUT2D eigenvalue weighted by Gasteiger charge is 1.99. The fraction of sp³-hybridized carbons (Fsp3) is 0.368. The maximum absolute atomic E-state index is 5.84. The van der Waals surface area contributed by atoms with Crippen molar-refractivity contribution in [2.24, 2.45) is 0 Å². The molecule has 0 spiro atoms. The molecule has 0 radical (unpaired) electrons. The molecular weight excluding hydrogens is 258 g/mol. The molecule has 0 bridgehead atoms. The molecule has 2 aromatic rings.